The standard InChI is InChI=1S/C23H19FN2O4/c1-28-22-6-5-15(10-25-22)23-17-8-20-21(30-13-29-20)9-18(17)26(19(23)12-27)11-14-3-2-4-16(24)7-14/h2-10,27H,11-13H2,1H3. The number of pyridine rings is 1. The van der Waals surface area contributed by atoms with Gasteiger partial charge in [0.25, 0.3) is 0 Å². The van der Waals surface area contributed by atoms with Crippen molar-refractivity contribution >= 4 is 10.9 Å². The summed E-state index contributed by atoms with van der Waals surface area (Å²) in [5.41, 5.74) is 4.03. The summed E-state index contributed by atoms with van der Waals surface area (Å²) in [6.07, 6.45) is 1.71. The van der Waals surface area contributed by atoms with Crippen LogP contribution in [0.1, 0.15) is 11.3 Å². The van der Waals surface area contributed by atoms with E-state index in [1.54, 1.807) is 25.4 Å². The summed E-state index contributed by atoms with van der Waals surface area (Å²) in [5.74, 6) is 1.50. The molecule has 5 rings (SSSR count). The van der Waals surface area contributed by atoms with Crippen LogP contribution in [-0.2, 0) is 13.2 Å². The second kappa shape index (κ2) is 7.35. The Bertz CT molecular complexity index is 1230. The van der Waals surface area contributed by atoms with Gasteiger partial charge in [-0.25, -0.2) is 9.37 Å². The number of hydrogen-bond acceptors (Lipinski definition) is 5. The molecule has 0 aliphatic carbocycles. The molecule has 0 saturated carbocycles. The molecule has 7 heteroatoms. The van der Waals surface area contributed by atoms with E-state index in [0.29, 0.717) is 29.6 Å². The molecule has 1 aliphatic rings. The Kier molecular flexibility index (Phi) is 4.52. The maximum absolute atomic E-state index is 13.8. The Morgan fingerprint density at radius 1 is 1.13 bits per heavy atom. The van der Waals surface area contributed by atoms with Gasteiger partial charge in [0.1, 0.15) is 5.82 Å². The lowest BCUT2D eigenvalue weighted by molar-refractivity contribution is 0.174. The molecular formula is C23H19FN2O4. The number of hydrogen-bond donors (Lipinski definition) is 1. The number of benzene rings is 2. The van der Waals surface area contributed by atoms with Gasteiger partial charge in [0.05, 0.1) is 24.9 Å². The molecule has 0 saturated heterocycles. The molecule has 3 heterocycles. The molecule has 0 fully saturated rings. The minimum atomic E-state index is -0.299. The highest BCUT2D eigenvalue weighted by atomic mass is 19.1. The number of aromatic nitrogens is 2. The SMILES string of the molecule is COc1ccc(-c2c(CO)n(Cc3cccc(F)c3)c3cc4c(cc23)OCO4)cn1. The van der Waals surface area contributed by atoms with Crippen LogP contribution in [0.3, 0.4) is 0 Å². The number of rotatable bonds is 5. The van der Waals surface area contributed by atoms with Crippen molar-refractivity contribution in [1.82, 2.24) is 9.55 Å². The van der Waals surface area contributed by atoms with Crippen molar-refractivity contribution in [3.05, 3.63) is 71.8 Å². The molecule has 6 nitrogen and oxygen atoms in total. The summed E-state index contributed by atoms with van der Waals surface area (Å²) >= 11 is 0. The molecular weight excluding hydrogens is 387 g/mol. The Labute approximate surface area is 172 Å². The third kappa shape index (κ3) is 3.04. The fraction of sp³-hybridized carbons (Fsp3) is 0.174. The first-order valence-corrected chi connectivity index (χ1v) is 9.48. The normalized spacial score (nSPS) is 12.5. The van der Waals surface area contributed by atoms with Gasteiger partial charge in [-0.3, -0.25) is 0 Å². The van der Waals surface area contributed by atoms with E-state index in [9.17, 15) is 9.50 Å². The van der Waals surface area contributed by atoms with Crippen LogP contribution in [0.2, 0.25) is 0 Å². The van der Waals surface area contributed by atoms with Crippen LogP contribution in [0.4, 0.5) is 4.39 Å². The average molecular weight is 406 g/mol. The minimum Gasteiger partial charge on any atom is -0.481 e. The molecule has 0 atom stereocenters. The Morgan fingerprint density at radius 3 is 2.67 bits per heavy atom. The number of aliphatic hydroxyl groups is 1. The highest BCUT2D eigenvalue weighted by molar-refractivity contribution is 6.00. The highest BCUT2D eigenvalue weighted by Gasteiger charge is 2.23. The maximum Gasteiger partial charge on any atom is 0.231 e. The molecule has 0 radical (unpaired) electrons. The molecule has 152 valence electrons. The second-order valence-electron chi connectivity index (χ2n) is 7.01. The number of fused-ring (bicyclic) bond motifs is 2. The van der Waals surface area contributed by atoms with E-state index < -0.39 is 0 Å². The van der Waals surface area contributed by atoms with E-state index >= 15 is 0 Å². The summed E-state index contributed by atoms with van der Waals surface area (Å²) in [7, 11) is 1.56. The Hall–Kier alpha value is -3.58. The zero-order valence-corrected chi connectivity index (χ0v) is 16.3. The summed E-state index contributed by atoms with van der Waals surface area (Å²) in [4.78, 5) is 4.31. The number of methoxy groups -OCH3 is 1. The molecule has 1 aliphatic heterocycles. The number of nitrogens with zero attached hydrogens (tertiary/aromatic N) is 2. The smallest absolute Gasteiger partial charge is 0.231 e. The van der Waals surface area contributed by atoms with Crippen molar-refractivity contribution in [2.45, 2.75) is 13.2 Å². The van der Waals surface area contributed by atoms with Crippen LogP contribution in [-0.4, -0.2) is 28.6 Å². The van der Waals surface area contributed by atoms with E-state index in [1.807, 2.05) is 28.8 Å². The van der Waals surface area contributed by atoms with Crippen LogP contribution in [0.15, 0.2) is 54.7 Å². The van der Waals surface area contributed by atoms with E-state index in [2.05, 4.69) is 4.98 Å². The fourth-order valence-corrected chi connectivity index (χ4v) is 3.92. The predicted octanol–water partition coefficient (Wildman–Crippen LogP) is 4.12. The van der Waals surface area contributed by atoms with Gasteiger partial charge >= 0.3 is 0 Å². The predicted molar refractivity (Wildman–Crippen MR) is 109 cm³/mol. The Balaban J connectivity index is 1.75. The molecule has 0 unspecified atom stereocenters. The van der Waals surface area contributed by atoms with Gasteiger partial charge in [0, 0.05) is 41.4 Å². The van der Waals surface area contributed by atoms with E-state index in [1.165, 1.54) is 12.1 Å². The van der Waals surface area contributed by atoms with Crippen molar-refractivity contribution in [2.24, 2.45) is 0 Å². The van der Waals surface area contributed by atoms with E-state index in [4.69, 9.17) is 14.2 Å². The first kappa shape index (κ1) is 18.4. The maximum atomic E-state index is 13.8. The van der Waals surface area contributed by atoms with Crippen LogP contribution in [0.25, 0.3) is 22.0 Å². The largest absolute Gasteiger partial charge is 0.481 e. The molecule has 30 heavy (non-hydrogen) atoms. The average Bonchev–Trinajstić information content (AvgIpc) is 3.34. The highest BCUT2D eigenvalue weighted by Crippen LogP contribution is 2.43. The van der Waals surface area contributed by atoms with Crippen molar-refractivity contribution in [3.63, 3.8) is 0 Å². The third-order valence-electron chi connectivity index (χ3n) is 5.28. The van der Waals surface area contributed by atoms with E-state index in [0.717, 1.165) is 27.6 Å². The molecule has 4 aromatic rings. The molecule has 2 aromatic carbocycles. The quantitative estimate of drug-likeness (QED) is 0.540. The van der Waals surface area contributed by atoms with Crippen molar-refractivity contribution in [2.75, 3.05) is 13.9 Å². The summed E-state index contributed by atoms with van der Waals surface area (Å²) < 4.78 is 32.1. The summed E-state index contributed by atoms with van der Waals surface area (Å²) in [6.45, 7) is 0.364. The summed E-state index contributed by atoms with van der Waals surface area (Å²) in [5, 5.41) is 11.2. The van der Waals surface area contributed by atoms with Gasteiger partial charge in [0.15, 0.2) is 11.5 Å². The lowest BCUT2D eigenvalue weighted by atomic mass is 10.0. The number of aliphatic hydroxyl groups excluding tert-OH is 1. The fourth-order valence-electron chi connectivity index (χ4n) is 3.92. The van der Waals surface area contributed by atoms with Gasteiger partial charge < -0.3 is 23.9 Å². The van der Waals surface area contributed by atoms with Gasteiger partial charge in [-0.2, -0.15) is 0 Å². The molecule has 1 N–H and O–H groups in total. The number of ether oxygens (including phenoxy) is 3. The van der Waals surface area contributed by atoms with Crippen LogP contribution < -0.4 is 14.2 Å². The van der Waals surface area contributed by atoms with Crippen molar-refractivity contribution in [3.8, 4) is 28.5 Å². The lowest BCUT2D eigenvalue weighted by Crippen LogP contribution is -2.05. The van der Waals surface area contributed by atoms with Crippen LogP contribution >= 0.6 is 0 Å². The zero-order valence-electron chi connectivity index (χ0n) is 16.3. The number of halogens is 1. The Morgan fingerprint density at radius 2 is 1.97 bits per heavy atom. The van der Waals surface area contributed by atoms with Crippen LogP contribution in [0, 0.1) is 5.82 Å². The van der Waals surface area contributed by atoms with Crippen molar-refractivity contribution in [1.29, 1.82) is 0 Å². The van der Waals surface area contributed by atoms with Gasteiger partial charge in [-0.15, -0.1) is 0 Å². The van der Waals surface area contributed by atoms with Gasteiger partial charge in [0.2, 0.25) is 12.7 Å². The molecule has 0 amide bonds. The molecule has 2 aromatic heterocycles. The second-order valence-corrected chi connectivity index (χ2v) is 7.01. The first-order chi connectivity index (χ1) is 14.7. The van der Waals surface area contributed by atoms with Crippen LogP contribution in [0.5, 0.6) is 17.4 Å². The first-order valence-electron chi connectivity index (χ1n) is 9.48. The topological polar surface area (TPSA) is 65.7 Å². The van der Waals surface area contributed by atoms with Gasteiger partial charge in [-0.1, -0.05) is 12.1 Å². The monoisotopic (exact) mass is 406 g/mol. The minimum absolute atomic E-state index is 0.165. The molecule has 0 bridgehead atoms. The summed E-state index contributed by atoms with van der Waals surface area (Å²) in [6, 6.07) is 13.9. The lowest BCUT2D eigenvalue weighted by Gasteiger charge is -2.11. The van der Waals surface area contributed by atoms with Crippen molar-refractivity contribution < 1.29 is 23.7 Å². The third-order valence-corrected chi connectivity index (χ3v) is 5.28. The zero-order chi connectivity index (χ0) is 20.7. The molecule has 0 spiro atoms. The van der Waals surface area contributed by atoms with Gasteiger partial charge in [-0.05, 0) is 29.8 Å². The van der Waals surface area contributed by atoms with E-state index in [-0.39, 0.29) is 19.2 Å².